The maximum Gasteiger partial charge on any atom is 0.160 e. The zero-order valence-corrected chi connectivity index (χ0v) is 10.9. The Morgan fingerprint density at radius 2 is 2.06 bits per heavy atom. The first kappa shape index (κ1) is 12.3. The highest BCUT2D eigenvalue weighted by Crippen LogP contribution is 2.23. The lowest BCUT2D eigenvalue weighted by molar-refractivity contribution is -0.128. The maximum atomic E-state index is 12.4. The van der Waals surface area contributed by atoms with Crippen molar-refractivity contribution >= 4 is 5.78 Å². The molecule has 1 fully saturated rings. The quantitative estimate of drug-likeness (QED) is 0.792. The number of aromatic nitrogens is 2. The second kappa shape index (κ2) is 4.61. The largest absolute Gasteiger partial charge is 0.338 e. The minimum Gasteiger partial charge on any atom is -0.338 e. The van der Waals surface area contributed by atoms with Crippen LogP contribution in [0.2, 0.25) is 0 Å². The fourth-order valence-electron chi connectivity index (χ4n) is 2.38. The highest BCUT2D eigenvalue weighted by molar-refractivity contribution is 5.88. The van der Waals surface area contributed by atoms with Gasteiger partial charge >= 0.3 is 0 Å². The van der Waals surface area contributed by atoms with Gasteiger partial charge in [0.05, 0.1) is 12.0 Å². The van der Waals surface area contributed by atoms with Crippen LogP contribution in [0.25, 0.3) is 0 Å². The fourth-order valence-corrected chi connectivity index (χ4v) is 2.38. The molecule has 94 valence electrons. The summed E-state index contributed by atoms with van der Waals surface area (Å²) >= 11 is 0. The summed E-state index contributed by atoms with van der Waals surface area (Å²) < 4.78 is 1.91. The lowest BCUT2D eigenvalue weighted by atomic mass is 9.94. The zero-order valence-electron chi connectivity index (χ0n) is 10.9. The van der Waals surface area contributed by atoms with Gasteiger partial charge in [-0.2, -0.15) is 0 Å². The highest BCUT2D eigenvalue weighted by Gasteiger charge is 2.35. The van der Waals surface area contributed by atoms with E-state index < -0.39 is 0 Å². The van der Waals surface area contributed by atoms with Gasteiger partial charge in [-0.05, 0) is 39.8 Å². The molecule has 1 aliphatic heterocycles. The minimum absolute atomic E-state index is 0.258. The Kier molecular flexibility index (Phi) is 3.33. The van der Waals surface area contributed by atoms with Crippen molar-refractivity contribution in [1.29, 1.82) is 0 Å². The fraction of sp³-hybridized carbons (Fsp3) is 0.692. The first-order valence-electron chi connectivity index (χ1n) is 6.26. The second-order valence-electron chi connectivity index (χ2n) is 5.31. The molecule has 0 aromatic carbocycles. The second-order valence-corrected chi connectivity index (χ2v) is 5.31. The van der Waals surface area contributed by atoms with E-state index in [9.17, 15) is 4.79 Å². The molecule has 2 rings (SSSR count). The Morgan fingerprint density at radius 3 is 2.59 bits per heavy atom. The van der Waals surface area contributed by atoms with E-state index in [1.165, 1.54) is 12.8 Å². The lowest BCUT2D eigenvalue weighted by Gasteiger charge is -2.33. The third kappa shape index (κ3) is 2.41. The summed E-state index contributed by atoms with van der Waals surface area (Å²) in [5.41, 5.74) is -0.359. The van der Waals surface area contributed by atoms with Crippen molar-refractivity contribution in [3.05, 3.63) is 18.2 Å². The molecule has 0 bridgehead atoms. The summed E-state index contributed by atoms with van der Waals surface area (Å²) in [5, 5.41) is 0. The number of ketones is 1. The van der Waals surface area contributed by atoms with Crippen LogP contribution in [0.15, 0.2) is 12.4 Å². The average Bonchev–Trinajstić information content (AvgIpc) is 2.90. The molecule has 0 atom stereocenters. The number of aryl methyl sites for hydroxylation is 1. The van der Waals surface area contributed by atoms with Gasteiger partial charge in [0, 0.05) is 19.4 Å². The van der Waals surface area contributed by atoms with Crippen LogP contribution in [0.1, 0.15) is 32.5 Å². The monoisotopic (exact) mass is 235 g/mol. The number of hydrogen-bond donors (Lipinski definition) is 0. The van der Waals surface area contributed by atoms with Gasteiger partial charge < -0.3 is 4.57 Å². The van der Waals surface area contributed by atoms with E-state index in [-0.39, 0.29) is 11.3 Å². The van der Waals surface area contributed by atoms with Gasteiger partial charge in [-0.15, -0.1) is 0 Å². The van der Waals surface area contributed by atoms with Crippen LogP contribution >= 0.6 is 0 Å². The predicted octanol–water partition coefficient (Wildman–Crippen LogP) is 1.41. The molecule has 4 heteroatoms. The molecule has 4 nitrogen and oxygen atoms in total. The van der Waals surface area contributed by atoms with Crippen molar-refractivity contribution in [3.8, 4) is 0 Å². The van der Waals surface area contributed by atoms with Crippen molar-refractivity contribution in [1.82, 2.24) is 14.5 Å². The third-order valence-corrected chi connectivity index (χ3v) is 3.82. The van der Waals surface area contributed by atoms with Gasteiger partial charge in [0.15, 0.2) is 5.78 Å². The summed E-state index contributed by atoms with van der Waals surface area (Å²) in [6.45, 7) is 6.14. The van der Waals surface area contributed by atoms with E-state index in [1.54, 1.807) is 6.20 Å². The first-order valence-corrected chi connectivity index (χ1v) is 6.26. The molecule has 0 aliphatic carbocycles. The molecule has 0 amide bonds. The summed E-state index contributed by atoms with van der Waals surface area (Å²) in [5.74, 6) is 1.11. The number of likely N-dealkylation sites (tertiary alicyclic amines) is 1. The van der Waals surface area contributed by atoms with Crippen molar-refractivity contribution < 1.29 is 4.79 Å². The van der Waals surface area contributed by atoms with Crippen molar-refractivity contribution in [3.63, 3.8) is 0 Å². The summed E-state index contributed by atoms with van der Waals surface area (Å²) in [4.78, 5) is 18.9. The van der Waals surface area contributed by atoms with Crippen LogP contribution in [0.3, 0.4) is 0 Å². The Hall–Kier alpha value is -1.16. The van der Waals surface area contributed by atoms with E-state index in [0.29, 0.717) is 6.42 Å². The van der Waals surface area contributed by atoms with Crippen LogP contribution in [0.4, 0.5) is 0 Å². The normalized spacial score (nSPS) is 17.6. The molecular weight excluding hydrogens is 214 g/mol. The van der Waals surface area contributed by atoms with E-state index in [1.807, 2.05) is 31.7 Å². The summed E-state index contributed by atoms with van der Waals surface area (Å²) in [7, 11) is 1.93. The number of Topliss-reactive ketones (excluding diaryl/α,β-unsaturated/α-hetero) is 1. The standard InChI is InChI=1S/C13H21N3O/c1-13(2,16-7-4-5-8-16)11(17)10-12-14-6-9-15(12)3/h6,9H,4-5,7-8,10H2,1-3H3. The van der Waals surface area contributed by atoms with Gasteiger partial charge in [0.2, 0.25) is 0 Å². The third-order valence-electron chi connectivity index (χ3n) is 3.82. The van der Waals surface area contributed by atoms with Crippen molar-refractivity contribution in [2.45, 2.75) is 38.6 Å². The summed E-state index contributed by atoms with van der Waals surface area (Å²) in [6, 6.07) is 0. The van der Waals surface area contributed by atoms with Crippen LogP contribution in [-0.4, -0.2) is 38.9 Å². The van der Waals surface area contributed by atoms with Gasteiger partial charge in [-0.25, -0.2) is 4.98 Å². The molecule has 0 saturated carbocycles. The molecular formula is C13H21N3O. The Morgan fingerprint density at radius 1 is 1.41 bits per heavy atom. The minimum atomic E-state index is -0.359. The molecule has 1 aliphatic rings. The first-order chi connectivity index (χ1) is 8.01. The Labute approximate surface area is 103 Å². The van der Waals surface area contributed by atoms with Crippen LogP contribution in [0.5, 0.6) is 0 Å². The highest BCUT2D eigenvalue weighted by atomic mass is 16.1. The van der Waals surface area contributed by atoms with Gasteiger partial charge in [-0.1, -0.05) is 0 Å². The number of carbonyl (C=O) groups excluding carboxylic acids is 1. The maximum absolute atomic E-state index is 12.4. The van der Waals surface area contributed by atoms with Crippen molar-refractivity contribution in [2.75, 3.05) is 13.1 Å². The van der Waals surface area contributed by atoms with Gasteiger partial charge in [0.25, 0.3) is 0 Å². The Bertz CT molecular complexity index is 403. The molecule has 0 unspecified atom stereocenters. The number of nitrogens with zero attached hydrogens (tertiary/aromatic N) is 3. The smallest absolute Gasteiger partial charge is 0.160 e. The Balaban J connectivity index is 2.06. The van der Waals surface area contributed by atoms with Crippen molar-refractivity contribution in [2.24, 2.45) is 7.05 Å². The number of imidazole rings is 1. The van der Waals surface area contributed by atoms with Gasteiger partial charge in [0.1, 0.15) is 5.82 Å². The molecule has 0 N–H and O–H groups in total. The number of rotatable bonds is 4. The van der Waals surface area contributed by atoms with Crippen LogP contribution in [0, 0.1) is 0 Å². The molecule has 1 aromatic heterocycles. The average molecular weight is 235 g/mol. The van der Waals surface area contributed by atoms with E-state index in [2.05, 4.69) is 9.88 Å². The molecule has 2 heterocycles. The van der Waals surface area contributed by atoms with E-state index in [4.69, 9.17) is 0 Å². The number of hydrogen-bond acceptors (Lipinski definition) is 3. The molecule has 0 spiro atoms. The molecule has 1 aromatic rings. The van der Waals surface area contributed by atoms with Crippen LogP contribution in [-0.2, 0) is 18.3 Å². The zero-order chi connectivity index (χ0) is 12.5. The number of carbonyl (C=O) groups is 1. The lowest BCUT2D eigenvalue weighted by Crippen LogP contribution is -2.49. The predicted molar refractivity (Wildman–Crippen MR) is 66.8 cm³/mol. The SMILES string of the molecule is Cn1ccnc1CC(=O)C(C)(C)N1CCCC1. The van der Waals surface area contributed by atoms with Crippen LogP contribution < -0.4 is 0 Å². The topological polar surface area (TPSA) is 38.1 Å². The summed E-state index contributed by atoms with van der Waals surface area (Å²) in [6.07, 6.45) is 6.46. The van der Waals surface area contributed by atoms with Gasteiger partial charge in [-0.3, -0.25) is 9.69 Å². The molecule has 17 heavy (non-hydrogen) atoms. The van der Waals surface area contributed by atoms with E-state index in [0.717, 1.165) is 18.9 Å². The molecule has 0 radical (unpaired) electrons. The van der Waals surface area contributed by atoms with E-state index >= 15 is 0 Å². The molecule has 1 saturated heterocycles.